The van der Waals surface area contributed by atoms with E-state index in [9.17, 15) is 9.18 Å². The molecule has 1 fully saturated rings. The number of ether oxygens (including phenoxy) is 1. The first kappa shape index (κ1) is 23.2. The molecule has 9 heteroatoms. The van der Waals surface area contributed by atoms with Gasteiger partial charge in [0.05, 0.1) is 12.0 Å². The second kappa shape index (κ2) is 9.48. The number of benzene rings is 2. The number of pyridine rings is 1. The molecule has 0 atom stereocenters. The van der Waals surface area contributed by atoms with Gasteiger partial charge in [0.15, 0.2) is 5.84 Å². The molecule has 0 unspecified atom stereocenters. The number of carbonyl (C=O) groups excluding carboxylic acids is 1. The van der Waals surface area contributed by atoms with Crippen molar-refractivity contribution in [2.24, 2.45) is 16.8 Å². The van der Waals surface area contributed by atoms with Crippen molar-refractivity contribution in [1.82, 2.24) is 10.4 Å². The van der Waals surface area contributed by atoms with Gasteiger partial charge in [0, 0.05) is 29.1 Å². The van der Waals surface area contributed by atoms with E-state index in [0.29, 0.717) is 42.1 Å². The molecule has 176 valence electrons. The van der Waals surface area contributed by atoms with Crippen LogP contribution >= 0.6 is 0 Å². The van der Waals surface area contributed by atoms with Crippen LogP contribution in [0.4, 0.5) is 10.1 Å². The average molecular weight is 463 g/mol. The van der Waals surface area contributed by atoms with Crippen LogP contribution in [0.15, 0.2) is 59.8 Å². The molecule has 0 bridgehead atoms. The number of nitrogens with zero attached hydrogens (tertiary/aromatic N) is 2. The van der Waals surface area contributed by atoms with E-state index in [0.717, 1.165) is 16.7 Å². The highest BCUT2D eigenvalue weighted by atomic mass is 19.1. The van der Waals surface area contributed by atoms with Crippen LogP contribution in [0, 0.1) is 12.7 Å². The Labute approximate surface area is 197 Å². The molecule has 0 spiro atoms. The fourth-order valence-electron chi connectivity index (χ4n) is 4.15. The van der Waals surface area contributed by atoms with E-state index in [1.807, 2.05) is 25.1 Å². The lowest BCUT2D eigenvalue weighted by molar-refractivity contribution is -0.118. The van der Waals surface area contributed by atoms with Gasteiger partial charge in [0.25, 0.3) is 0 Å². The Hall–Kier alpha value is -3.98. The van der Waals surface area contributed by atoms with Crippen LogP contribution in [0.1, 0.15) is 36.5 Å². The number of aromatic nitrogens is 1. The molecule has 2 aromatic carbocycles. The molecule has 0 radical (unpaired) electrons. The molecule has 0 saturated heterocycles. The summed E-state index contributed by atoms with van der Waals surface area (Å²) in [6.07, 6.45) is 3.00. The zero-order chi connectivity index (χ0) is 24.3. The first-order chi connectivity index (χ1) is 16.4. The molecule has 1 aliphatic carbocycles. The Morgan fingerprint density at radius 3 is 2.65 bits per heavy atom. The number of hydrazine groups is 1. The molecule has 4 rings (SSSR count). The number of nitrogens with two attached hydrogens (primary N) is 2. The number of amidine groups is 1. The molecule has 1 saturated carbocycles. The maximum absolute atomic E-state index is 14.1. The second-order valence-corrected chi connectivity index (χ2v) is 8.15. The number of anilines is 1. The maximum atomic E-state index is 14.1. The van der Waals surface area contributed by atoms with E-state index in [2.05, 4.69) is 20.8 Å². The summed E-state index contributed by atoms with van der Waals surface area (Å²) >= 11 is 0. The highest BCUT2D eigenvalue weighted by Gasteiger charge is 2.52. The van der Waals surface area contributed by atoms with Gasteiger partial charge in [-0.05, 0) is 67.6 Å². The van der Waals surface area contributed by atoms with Gasteiger partial charge >= 0.3 is 0 Å². The van der Waals surface area contributed by atoms with Crippen molar-refractivity contribution in [3.8, 4) is 17.0 Å². The topological polar surface area (TPSA) is 128 Å². The Balaban J connectivity index is 1.66. The van der Waals surface area contributed by atoms with Crippen LogP contribution in [-0.2, 0) is 10.2 Å². The van der Waals surface area contributed by atoms with E-state index < -0.39 is 5.41 Å². The first-order valence-electron chi connectivity index (χ1n) is 11.0. The quantitative estimate of drug-likeness (QED) is 0.185. The second-order valence-electron chi connectivity index (χ2n) is 8.15. The number of halogens is 1. The Bertz CT molecular complexity index is 1240. The molecule has 1 aliphatic rings. The molecule has 1 aromatic heterocycles. The number of amides is 1. The highest BCUT2D eigenvalue weighted by Crippen LogP contribution is 2.50. The molecule has 6 N–H and O–H groups in total. The summed E-state index contributed by atoms with van der Waals surface area (Å²) in [5.41, 5.74) is 5.66. The van der Waals surface area contributed by atoms with Crippen molar-refractivity contribution in [3.63, 3.8) is 0 Å². The Morgan fingerprint density at radius 1 is 1.24 bits per heavy atom. The number of carbonyl (C=O) groups is 1. The first-order valence-corrected chi connectivity index (χ1v) is 11.0. The van der Waals surface area contributed by atoms with Gasteiger partial charge in [-0.1, -0.05) is 18.2 Å². The maximum Gasteiger partial charge on any atom is 0.235 e. The van der Waals surface area contributed by atoms with Crippen LogP contribution in [0.25, 0.3) is 11.1 Å². The van der Waals surface area contributed by atoms with Gasteiger partial charge in [-0.3, -0.25) is 4.79 Å². The molecular weight excluding hydrogens is 435 g/mol. The van der Waals surface area contributed by atoms with Gasteiger partial charge in [0.2, 0.25) is 11.8 Å². The minimum atomic E-state index is -0.735. The summed E-state index contributed by atoms with van der Waals surface area (Å²) in [7, 11) is 0. The van der Waals surface area contributed by atoms with Gasteiger partial charge in [-0.15, -0.1) is 0 Å². The Morgan fingerprint density at radius 2 is 2.03 bits per heavy atom. The fourth-order valence-corrected chi connectivity index (χ4v) is 4.15. The zero-order valence-electron chi connectivity index (χ0n) is 19.1. The zero-order valence-corrected chi connectivity index (χ0v) is 19.1. The summed E-state index contributed by atoms with van der Waals surface area (Å²) in [4.78, 5) is 17.6. The Kier molecular flexibility index (Phi) is 6.47. The minimum Gasteiger partial charge on any atom is -0.478 e. The molecule has 34 heavy (non-hydrogen) atoms. The summed E-state index contributed by atoms with van der Waals surface area (Å²) in [5.74, 6) is 11.4. The number of nitrogens with one attached hydrogen (secondary N) is 2. The van der Waals surface area contributed by atoms with Gasteiger partial charge < -0.3 is 21.3 Å². The lowest BCUT2D eigenvalue weighted by Crippen LogP contribution is -2.33. The third-order valence-corrected chi connectivity index (χ3v) is 6.11. The molecule has 1 amide bonds. The van der Waals surface area contributed by atoms with Crippen LogP contribution in [0.3, 0.4) is 0 Å². The van der Waals surface area contributed by atoms with Crippen LogP contribution in [-0.4, -0.2) is 23.3 Å². The number of hydrazone groups is 1. The van der Waals surface area contributed by atoms with E-state index in [4.69, 9.17) is 16.4 Å². The molecule has 0 aliphatic heterocycles. The van der Waals surface area contributed by atoms with Crippen molar-refractivity contribution in [1.29, 1.82) is 0 Å². The predicted octanol–water partition coefficient (Wildman–Crippen LogP) is 3.35. The highest BCUT2D eigenvalue weighted by molar-refractivity contribution is 6.07. The third-order valence-electron chi connectivity index (χ3n) is 6.11. The van der Waals surface area contributed by atoms with E-state index in [1.54, 1.807) is 37.4 Å². The molecule has 1 heterocycles. The predicted molar refractivity (Wildman–Crippen MR) is 130 cm³/mol. The minimum absolute atomic E-state index is 0.186. The van der Waals surface area contributed by atoms with Crippen molar-refractivity contribution in [3.05, 3.63) is 77.2 Å². The summed E-state index contributed by atoms with van der Waals surface area (Å²) in [6, 6.07) is 13.8. The van der Waals surface area contributed by atoms with Crippen molar-refractivity contribution < 1.29 is 13.9 Å². The number of hydrogen-bond donors (Lipinski definition) is 4. The van der Waals surface area contributed by atoms with Crippen molar-refractivity contribution >= 4 is 17.4 Å². The summed E-state index contributed by atoms with van der Waals surface area (Å²) in [5, 5.41) is 6.72. The van der Waals surface area contributed by atoms with E-state index >= 15 is 0 Å². The van der Waals surface area contributed by atoms with Gasteiger partial charge in [-0.25, -0.2) is 15.2 Å². The lowest BCUT2D eigenvalue weighted by Gasteiger charge is -2.19. The smallest absolute Gasteiger partial charge is 0.235 e. The number of rotatable bonds is 7. The van der Waals surface area contributed by atoms with Gasteiger partial charge in [0.1, 0.15) is 5.82 Å². The summed E-state index contributed by atoms with van der Waals surface area (Å²) in [6.45, 7) is 4.11. The molecular formula is C25H27FN6O2. The van der Waals surface area contributed by atoms with Gasteiger partial charge in [-0.2, -0.15) is 5.10 Å². The fraction of sp³-hybridized carbons (Fsp3) is 0.240. The lowest BCUT2D eigenvalue weighted by atomic mass is 9.90. The van der Waals surface area contributed by atoms with E-state index in [1.165, 1.54) is 6.07 Å². The van der Waals surface area contributed by atoms with Crippen LogP contribution in [0.2, 0.25) is 0 Å². The van der Waals surface area contributed by atoms with Crippen LogP contribution < -0.4 is 27.2 Å². The van der Waals surface area contributed by atoms with Crippen molar-refractivity contribution in [2.75, 3.05) is 11.9 Å². The van der Waals surface area contributed by atoms with E-state index in [-0.39, 0.29) is 17.6 Å². The molecule has 3 aromatic rings. The molecule has 8 nitrogen and oxygen atoms in total. The monoisotopic (exact) mass is 462 g/mol. The largest absolute Gasteiger partial charge is 0.478 e. The number of hydrogen-bond acceptors (Lipinski definition) is 6. The SMILES string of the molecule is CCOc1ccc(-c2ccc(NC(=O)C3(c4cccc(F)c4C)CC3)cc2/C(=N/N)NN)cn1. The summed E-state index contributed by atoms with van der Waals surface area (Å²) < 4.78 is 19.5. The normalized spacial score (nSPS) is 14.4. The average Bonchev–Trinajstić information content (AvgIpc) is 3.65. The van der Waals surface area contributed by atoms with Crippen LogP contribution in [0.5, 0.6) is 5.88 Å². The van der Waals surface area contributed by atoms with Crippen molar-refractivity contribution in [2.45, 2.75) is 32.1 Å². The standard InChI is InChI=1S/C25H27FN6O2/c1-3-34-22-10-7-16(14-29-22)18-9-8-17(13-19(18)23(31-27)32-28)30-24(33)25(11-12-25)20-5-4-6-21(26)15(20)2/h4-10,13-14H,3,11-12,27-28H2,1-2H3,(H,30,33)(H,31,32). The third kappa shape index (κ3) is 4.29.